The summed E-state index contributed by atoms with van der Waals surface area (Å²) in [7, 11) is 0. The summed E-state index contributed by atoms with van der Waals surface area (Å²) in [4.78, 5) is 21.0. The van der Waals surface area contributed by atoms with Gasteiger partial charge in [-0.1, -0.05) is 30.0 Å². The molecule has 0 heterocycles. The molecule has 0 radical (unpaired) electrons. The molecule has 2 aromatic rings. The molecule has 0 aliphatic heterocycles. The number of aldehydes is 1. The minimum atomic E-state index is -0.590. The SMILES string of the molecule is O=Cc1ccc(OCC#Cc2ccccc2)c([N+](=O)[O-])c1. The van der Waals surface area contributed by atoms with Gasteiger partial charge in [-0.05, 0) is 24.3 Å². The summed E-state index contributed by atoms with van der Waals surface area (Å²) in [6.07, 6.45) is 0.548. The summed E-state index contributed by atoms with van der Waals surface area (Å²) in [6.45, 7) is 0.0240. The first-order chi connectivity index (χ1) is 10.2. The minimum absolute atomic E-state index is 0.0240. The molecule has 0 aliphatic rings. The zero-order valence-corrected chi connectivity index (χ0v) is 11.0. The average Bonchev–Trinajstić information content (AvgIpc) is 2.52. The molecular weight excluding hydrogens is 270 g/mol. The molecule has 21 heavy (non-hydrogen) atoms. The van der Waals surface area contributed by atoms with Gasteiger partial charge in [0.25, 0.3) is 0 Å². The van der Waals surface area contributed by atoms with Crippen molar-refractivity contribution in [3.8, 4) is 17.6 Å². The Morgan fingerprint density at radius 3 is 2.62 bits per heavy atom. The zero-order chi connectivity index (χ0) is 15.1. The van der Waals surface area contributed by atoms with E-state index >= 15 is 0 Å². The number of nitro groups is 1. The van der Waals surface area contributed by atoms with Crippen LogP contribution in [0.15, 0.2) is 48.5 Å². The summed E-state index contributed by atoms with van der Waals surface area (Å²) in [5.74, 6) is 5.76. The van der Waals surface area contributed by atoms with E-state index in [9.17, 15) is 14.9 Å². The highest BCUT2D eigenvalue weighted by Gasteiger charge is 2.15. The fourth-order valence-corrected chi connectivity index (χ4v) is 1.65. The van der Waals surface area contributed by atoms with Crippen LogP contribution in [-0.4, -0.2) is 17.8 Å². The van der Waals surface area contributed by atoms with E-state index in [1.54, 1.807) is 0 Å². The first-order valence-corrected chi connectivity index (χ1v) is 6.11. The number of nitro benzene ring substituents is 1. The van der Waals surface area contributed by atoms with Crippen LogP contribution in [0.25, 0.3) is 0 Å². The second-order valence-electron chi connectivity index (χ2n) is 4.06. The van der Waals surface area contributed by atoms with Crippen LogP contribution in [-0.2, 0) is 0 Å². The van der Waals surface area contributed by atoms with E-state index in [0.29, 0.717) is 6.29 Å². The van der Waals surface area contributed by atoms with Crippen molar-refractivity contribution in [2.75, 3.05) is 6.61 Å². The van der Waals surface area contributed by atoms with Crippen molar-refractivity contribution in [2.24, 2.45) is 0 Å². The highest BCUT2D eigenvalue weighted by atomic mass is 16.6. The molecule has 0 amide bonds. The number of hydrogen-bond donors (Lipinski definition) is 0. The Bertz CT molecular complexity index is 714. The van der Waals surface area contributed by atoms with E-state index in [1.165, 1.54) is 18.2 Å². The van der Waals surface area contributed by atoms with Gasteiger partial charge in [0.1, 0.15) is 12.9 Å². The van der Waals surface area contributed by atoms with Gasteiger partial charge >= 0.3 is 5.69 Å². The van der Waals surface area contributed by atoms with E-state index in [4.69, 9.17) is 4.74 Å². The van der Waals surface area contributed by atoms with Gasteiger partial charge in [0.05, 0.1) is 4.92 Å². The highest BCUT2D eigenvalue weighted by Crippen LogP contribution is 2.27. The number of nitrogens with zero attached hydrogens (tertiary/aromatic N) is 1. The maximum Gasteiger partial charge on any atom is 0.311 e. The number of carbonyl (C=O) groups excluding carboxylic acids is 1. The zero-order valence-electron chi connectivity index (χ0n) is 11.0. The number of hydrogen-bond acceptors (Lipinski definition) is 4. The smallest absolute Gasteiger partial charge is 0.311 e. The maximum absolute atomic E-state index is 10.9. The van der Waals surface area contributed by atoms with Crippen molar-refractivity contribution >= 4 is 12.0 Å². The second kappa shape index (κ2) is 6.87. The largest absolute Gasteiger partial charge is 0.474 e. The van der Waals surface area contributed by atoms with E-state index in [0.717, 1.165) is 5.56 Å². The molecule has 5 nitrogen and oxygen atoms in total. The van der Waals surface area contributed by atoms with Crippen molar-refractivity contribution in [1.82, 2.24) is 0 Å². The first kappa shape index (κ1) is 14.3. The summed E-state index contributed by atoms with van der Waals surface area (Å²) >= 11 is 0. The van der Waals surface area contributed by atoms with Gasteiger partial charge < -0.3 is 4.74 Å². The minimum Gasteiger partial charge on any atom is -0.474 e. The van der Waals surface area contributed by atoms with Crippen LogP contribution < -0.4 is 4.74 Å². The Kier molecular flexibility index (Phi) is 4.67. The van der Waals surface area contributed by atoms with E-state index in [2.05, 4.69) is 11.8 Å². The van der Waals surface area contributed by atoms with Crippen LogP contribution in [0, 0.1) is 22.0 Å². The fraction of sp³-hybridized carbons (Fsp3) is 0.0625. The molecular formula is C16H11NO4. The summed E-state index contributed by atoms with van der Waals surface area (Å²) in [6, 6.07) is 13.4. The van der Waals surface area contributed by atoms with E-state index in [1.807, 2.05) is 30.3 Å². The van der Waals surface area contributed by atoms with Gasteiger partial charge in [0.15, 0.2) is 5.75 Å². The molecule has 0 fully saturated rings. The third-order valence-electron chi connectivity index (χ3n) is 2.62. The lowest BCUT2D eigenvalue weighted by Gasteiger charge is -2.03. The number of carbonyl (C=O) groups is 1. The molecule has 0 aliphatic carbocycles. The molecule has 0 bridgehead atoms. The van der Waals surface area contributed by atoms with Gasteiger partial charge in [-0.3, -0.25) is 14.9 Å². The Balaban J connectivity index is 2.08. The topological polar surface area (TPSA) is 69.4 Å². The van der Waals surface area contributed by atoms with Crippen molar-refractivity contribution in [1.29, 1.82) is 0 Å². The average molecular weight is 281 g/mol. The van der Waals surface area contributed by atoms with Crippen LogP contribution in [0.3, 0.4) is 0 Å². The predicted octanol–water partition coefficient (Wildman–Crippen LogP) is 2.84. The first-order valence-electron chi connectivity index (χ1n) is 6.11. The molecule has 0 spiro atoms. The molecule has 0 aromatic heterocycles. The number of benzene rings is 2. The van der Waals surface area contributed by atoms with Gasteiger partial charge in [-0.15, -0.1) is 0 Å². The molecule has 2 aromatic carbocycles. The lowest BCUT2D eigenvalue weighted by molar-refractivity contribution is -0.385. The van der Waals surface area contributed by atoms with Crippen molar-refractivity contribution in [3.05, 3.63) is 69.8 Å². The lowest BCUT2D eigenvalue weighted by atomic mass is 10.2. The number of rotatable bonds is 4. The molecule has 0 N–H and O–H groups in total. The van der Waals surface area contributed by atoms with Crippen molar-refractivity contribution in [3.63, 3.8) is 0 Å². The summed E-state index contributed by atoms with van der Waals surface area (Å²) in [5, 5.41) is 10.9. The Hall–Kier alpha value is -3.13. The van der Waals surface area contributed by atoms with Crippen LogP contribution in [0.2, 0.25) is 0 Å². The highest BCUT2D eigenvalue weighted by molar-refractivity contribution is 5.77. The molecule has 0 saturated heterocycles. The number of ether oxygens (including phenoxy) is 1. The third-order valence-corrected chi connectivity index (χ3v) is 2.62. The normalized spacial score (nSPS) is 9.33. The Labute approximate surface area is 121 Å². The van der Waals surface area contributed by atoms with Gasteiger partial charge in [-0.25, -0.2) is 0 Å². The van der Waals surface area contributed by atoms with Crippen LogP contribution in [0.4, 0.5) is 5.69 Å². The van der Waals surface area contributed by atoms with Gasteiger partial charge in [0, 0.05) is 17.2 Å². The third kappa shape index (κ3) is 3.91. The van der Waals surface area contributed by atoms with Crippen molar-refractivity contribution in [2.45, 2.75) is 0 Å². The molecule has 104 valence electrons. The quantitative estimate of drug-likeness (QED) is 0.374. The monoisotopic (exact) mass is 281 g/mol. The maximum atomic E-state index is 10.9. The Morgan fingerprint density at radius 1 is 1.19 bits per heavy atom. The standard InChI is InChI=1S/C16H11NO4/c18-12-14-8-9-16(15(11-14)17(19)20)21-10-4-7-13-5-2-1-3-6-13/h1-3,5-6,8-9,11-12H,10H2. The molecule has 0 unspecified atom stereocenters. The van der Waals surface area contributed by atoms with Crippen LogP contribution >= 0.6 is 0 Å². The fourth-order valence-electron chi connectivity index (χ4n) is 1.65. The lowest BCUT2D eigenvalue weighted by Crippen LogP contribution is -1.99. The molecule has 2 rings (SSSR count). The van der Waals surface area contributed by atoms with E-state index < -0.39 is 4.92 Å². The van der Waals surface area contributed by atoms with E-state index in [-0.39, 0.29) is 23.6 Å². The Morgan fingerprint density at radius 2 is 1.95 bits per heavy atom. The summed E-state index contributed by atoms with van der Waals surface area (Å²) in [5.41, 5.74) is 0.817. The van der Waals surface area contributed by atoms with Gasteiger partial charge in [-0.2, -0.15) is 0 Å². The second-order valence-corrected chi connectivity index (χ2v) is 4.06. The molecule has 0 atom stereocenters. The van der Waals surface area contributed by atoms with Crippen LogP contribution in [0.5, 0.6) is 5.75 Å². The summed E-state index contributed by atoms with van der Waals surface area (Å²) < 4.78 is 5.29. The van der Waals surface area contributed by atoms with Gasteiger partial charge in [0.2, 0.25) is 0 Å². The predicted molar refractivity (Wildman–Crippen MR) is 77.3 cm³/mol. The molecule has 5 heteroatoms. The molecule has 0 saturated carbocycles. The van der Waals surface area contributed by atoms with Crippen LogP contribution in [0.1, 0.15) is 15.9 Å². The van der Waals surface area contributed by atoms with Crippen molar-refractivity contribution < 1.29 is 14.5 Å².